The molecule has 0 saturated heterocycles. The van der Waals surface area contributed by atoms with Crippen LogP contribution in [-0.4, -0.2) is 32.9 Å². The third-order valence-electron chi connectivity index (χ3n) is 4.63. The van der Waals surface area contributed by atoms with Crippen LogP contribution >= 0.6 is 0 Å². The molecule has 162 valence electrons. The minimum atomic E-state index is -0.590. The second-order valence-corrected chi connectivity index (χ2v) is 6.62. The highest BCUT2D eigenvalue weighted by Crippen LogP contribution is 2.42. The standard InChI is InChI=1S/C24H31NO5/c1-7-11-17-19(12-8-2)25-16(4)21(15-22(26)29-9-3)30-23(17)18-13-10-14-20(27-5)24(18)28-6/h7-8,10-14,21,23,25H,4,9,15H2,1-3,5-6H3/b11-7+,12-8-/t21-,23+/m1/s1. The Kier molecular flexibility index (Phi) is 8.74. The molecule has 2 atom stereocenters. The van der Waals surface area contributed by atoms with E-state index in [9.17, 15) is 4.79 Å². The molecule has 1 aromatic carbocycles. The number of benzene rings is 1. The summed E-state index contributed by atoms with van der Waals surface area (Å²) in [5.41, 5.74) is 3.09. The van der Waals surface area contributed by atoms with Gasteiger partial charge in [-0.3, -0.25) is 4.79 Å². The van der Waals surface area contributed by atoms with Crippen LogP contribution in [0.3, 0.4) is 0 Å². The number of carbonyl (C=O) groups excluding carboxylic acids is 1. The molecule has 0 fully saturated rings. The predicted octanol–water partition coefficient (Wildman–Crippen LogP) is 4.61. The summed E-state index contributed by atoms with van der Waals surface area (Å²) in [6.45, 7) is 10.1. The number of nitrogens with one attached hydrogen (secondary N) is 1. The van der Waals surface area contributed by atoms with E-state index in [1.165, 1.54) is 0 Å². The molecule has 6 heteroatoms. The van der Waals surface area contributed by atoms with Gasteiger partial charge < -0.3 is 24.3 Å². The molecule has 0 bridgehead atoms. The Morgan fingerprint density at radius 1 is 1.20 bits per heavy atom. The van der Waals surface area contributed by atoms with E-state index in [0.717, 1.165) is 16.8 Å². The molecule has 1 aliphatic rings. The van der Waals surface area contributed by atoms with Gasteiger partial charge in [-0.2, -0.15) is 0 Å². The molecule has 6 nitrogen and oxygen atoms in total. The number of methoxy groups -OCH3 is 2. The minimum Gasteiger partial charge on any atom is -0.493 e. The zero-order chi connectivity index (χ0) is 22.1. The number of ether oxygens (including phenoxy) is 4. The number of para-hydroxylation sites is 1. The molecule has 0 saturated carbocycles. The highest BCUT2D eigenvalue weighted by Gasteiger charge is 2.32. The van der Waals surface area contributed by atoms with E-state index in [0.29, 0.717) is 23.8 Å². The van der Waals surface area contributed by atoms with Gasteiger partial charge in [0.2, 0.25) is 0 Å². The van der Waals surface area contributed by atoms with Crippen molar-refractivity contribution in [1.82, 2.24) is 5.32 Å². The van der Waals surface area contributed by atoms with Crippen LogP contribution in [0.5, 0.6) is 11.5 Å². The van der Waals surface area contributed by atoms with Crippen LogP contribution in [0.15, 0.2) is 66.0 Å². The fraction of sp³-hybridized carbons (Fsp3) is 0.375. The number of allylic oxidation sites excluding steroid dienone is 3. The second kappa shape index (κ2) is 11.3. The first-order valence-corrected chi connectivity index (χ1v) is 9.97. The van der Waals surface area contributed by atoms with Gasteiger partial charge in [0.1, 0.15) is 12.2 Å². The predicted molar refractivity (Wildman–Crippen MR) is 117 cm³/mol. The van der Waals surface area contributed by atoms with Crippen molar-refractivity contribution >= 4 is 5.97 Å². The SMILES string of the molecule is C=C1NC(/C=C\C)=C(/C=C/C)[C@@H](c2cccc(OC)c2OC)O[C@@H]1CC(=O)OCC. The molecular weight excluding hydrogens is 382 g/mol. The number of hydrogen-bond acceptors (Lipinski definition) is 6. The van der Waals surface area contributed by atoms with Crippen molar-refractivity contribution in [3.8, 4) is 11.5 Å². The normalized spacial score (nSPS) is 19.7. The lowest BCUT2D eigenvalue weighted by Crippen LogP contribution is -2.27. The smallest absolute Gasteiger partial charge is 0.308 e. The minimum absolute atomic E-state index is 0.0503. The lowest BCUT2D eigenvalue weighted by atomic mass is 9.97. The molecule has 0 aromatic heterocycles. The van der Waals surface area contributed by atoms with Gasteiger partial charge in [-0.25, -0.2) is 0 Å². The van der Waals surface area contributed by atoms with Crippen LogP contribution in [0.4, 0.5) is 0 Å². The molecule has 0 spiro atoms. The van der Waals surface area contributed by atoms with Crippen molar-refractivity contribution in [2.24, 2.45) is 0 Å². The first kappa shape index (κ1) is 23.3. The van der Waals surface area contributed by atoms with Gasteiger partial charge in [0.15, 0.2) is 11.5 Å². The summed E-state index contributed by atoms with van der Waals surface area (Å²) in [6.07, 6.45) is 6.75. The average molecular weight is 414 g/mol. The van der Waals surface area contributed by atoms with E-state index in [-0.39, 0.29) is 12.4 Å². The van der Waals surface area contributed by atoms with Gasteiger partial charge in [0.05, 0.1) is 27.2 Å². The molecule has 1 aromatic rings. The molecule has 0 unspecified atom stereocenters. The van der Waals surface area contributed by atoms with Crippen LogP contribution in [0, 0.1) is 0 Å². The Morgan fingerprint density at radius 2 is 1.93 bits per heavy atom. The highest BCUT2D eigenvalue weighted by molar-refractivity contribution is 5.70. The van der Waals surface area contributed by atoms with Crippen molar-refractivity contribution < 1.29 is 23.7 Å². The van der Waals surface area contributed by atoms with E-state index < -0.39 is 12.2 Å². The fourth-order valence-corrected chi connectivity index (χ4v) is 3.35. The molecule has 30 heavy (non-hydrogen) atoms. The first-order valence-electron chi connectivity index (χ1n) is 9.97. The Balaban J connectivity index is 2.64. The maximum Gasteiger partial charge on any atom is 0.308 e. The monoisotopic (exact) mass is 413 g/mol. The Labute approximate surface area is 178 Å². The summed E-state index contributed by atoms with van der Waals surface area (Å²) in [5, 5.41) is 3.32. The topological polar surface area (TPSA) is 66.0 Å². The third-order valence-corrected chi connectivity index (χ3v) is 4.63. The fourth-order valence-electron chi connectivity index (χ4n) is 3.35. The van der Waals surface area contributed by atoms with Crippen molar-refractivity contribution in [1.29, 1.82) is 0 Å². The largest absolute Gasteiger partial charge is 0.493 e. The molecule has 0 radical (unpaired) electrons. The Morgan fingerprint density at radius 3 is 2.53 bits per heavy atom. The molecule has 2 rings (SSSR count). The number of esters is 1. The van der Waals surface area contributed by atoms with Gasteiger partial charge in [0, 0.05) is 22.5 Å². The van der Waals surface area contributed by atoms with E-state index in [1.54, 1.807) is 21.1 Å². The van der Waals surface area contributed by atoms with Crippen molar-refractivity contribution in [2.45, 2.75) is 39.4 Å². The Bertz CT molecular complexity index is 853. The first-order chi connectivity index (χ1) is 14.5. The van der Waals surface area contributed by atoms with Crippen LogP contribution in [0.25, 0.3) is 0 Å². The lowest BCUT2D eigenvalue weighted by Gasteiger charge is -2.25. The number of rotatable bonds is 8. The number of hydrogen-bond donors (Lipinski definition) is 1. The van der Waals surface area contributed by atoms with Crippen molar-refractivity contribution in [2.75, 3.05) is 20.8 Å². The quantitative estimate of drug-likeness (QED) is 0.628. The number of carbonyl (C=O) groups is 1. The van der Waals surface area contributed by atoms with E-state index in [1.807, 2.05) is 56.4 Å². The zero-order valence-electron chi connectivity index (χ0n) is 18.4. The molecule has 1 heterocycles. The molecule has 1 N–H and O–H groups in total. The Hall–Kier alpha value is -2.99. The van der Waals surface area contributed by atoms with E-state index in [2.05, 4.69) is 11.9 Å². The van der Waals surface area contributed by atoms with Crippen LogP contribution in [-0.2, 0) is 14.3 Å². The van der Waals surface area contributed by atoms with Crippen molar-refractivity contribution in [3.05, 3.63) is 71.6 Å². The third kappa shape index (κ3) is 5.33. The van der Waals surface area contributed by atoms with Gasteiger partial charge in [-0.05, 0) is 32.9 Å². The van der Waals surface area contributed by atoms with Gasteiger partial charge in [-0.15, -0.1) is 0 Å². The highest BCUT2D eigenvalue weighted by atomic mass is 16.5. The van der Waals surface area contributed by atoms with E-state index >= 15 is 0 Å². The van der Waals surface area contributed by atoms with Crippen LogP contribution in [0.2, 0.25) is 0 Å². The maximum absolute atomic E-state index is 12.2. The summed E-state index contributed by atoms with van der Waals surface area (Å²) >= 11 is 0. The van der Waals surface area contributed by atoms with Crippen LogP contribution in [0.1, 0.15) is 38.9 Å². The summed E-state index contributed by atoms with van der Waals surface area (Å²) in [7, 11) is 3.19. The summed E-state index contributed by atoms with van der Waals surface area (Å²) in [4.78, 5) is 12.2. The van der Waals surface area contributed by atoms with Crippen molar-refractivity contribution in [3.63, 3.8) is 0 Å². The lowest BCUT2D eigenvalue weighted by molar-refractivity contribution is -0.146. The molecule has 0 amide bonds. The van der Waals surface area contributed by atoms with E-state index in [4.69, 9.17) is 18.9 Å². The average Bonchev–Trinajstić information content (AvgIpc) is 2.85. The molecular formula is C24H31NO5. The molecule has 0 aliphatic carbocycles. The zero-order valence-corrected chi connectivity index (χ0v) is 18.4. The maximum atomic E-state index is 12.2. The van der Waals surface area contributed by atoms with Gasteiger partial charge in [0.25, 0.3) is 0 Å². The summed E-state index contributed by atoms with van der Waals surface area (Å²) < 4.78 is 22.7. The molecule has 1 aliphatic heterocycles. The summed E-state index contributed by atoms with van der Waals surface area (Å²) in [5.74, 6) is 0.835. The van der Waals surface area contributed by atoms with Crippen LogP contribution < -0.4 is 14.8 Å². The van der Waals surface area contributed by atoms with Gasteiger partial charge >= 0.3 is 5.97 Å². The van der Waals surface area contributed by atoms with Gasteiger partial charge in [-0.1, -0.05) is 36.9 Å². The second-order valence-electron chi connectivity index (χ2n) is 6.62. The summed E-state index contributed by atoms with van der Waals surface area (Å²) in [6, 6.07) is 5.65.